The first-order valence-electron chi connectivity index (χ1n) is 27.2. The van der Waals surface area contributed by atoms with Gasteiger partial charge in [0.1, 0.15) is 24.4 Å². The van der Waals surface area contributed by atoms with E-state index in [1.165, 1.54) is 141 Å². The van der Waals surface area contributed by atoms with Gasteiger partial charge in [0.15, 0.2) is 6.29 Å². The van der Waals surface area contributed by atoms with Gasteiger partial charge in [-0.2, -0.15) is 0 Å². The Hall–Kier alpha value is -2.37. The zero-order valence-electron chi connectivity index (χ0n) is 42.2. The Morgan fingerprint density at radius 1 is 0.515 bits per heavy atom. The van der Waals surface area contributed by atoms with Crippen LogP contribution in [0.4, 0.5) is 0 Å². The number of hydrogen-bond donors (Lipinski definition) is 6. The quantitative estimate of drug-likeness (QED) is 0.0261. The molecule has 1 heterocycles. The summed E-state index contributed by atoms with van der Waals surface area (Å²) in [6, 6.07) is -0.831. The van der Waals surface area contributed by atoms with Crippen molar-refractivity contribution in [2.75, 3.05) is 13.2 Å². The minimum Gasteiger partial charge on any atom is -0.394 e. The molecule has 6 N–H and O–H groups in total. The SMILES string of the molecule is CCCCCC/C=C/CC/C=C/CC/C=C/C(O)C(COC1OC(CO)C(O)C(O)C1O)NC(=O)CCCCCCCCCCCCCCCC/C=C\C/C=C\C/C=C\CCCCCCC. The van der Waals surface area contributed by atoms with Crippen molar-refractivity contribution in [3.05, 3.63) is 72.9 Å². The van der Waals surface area contributed by atoms with Crippen LogP contribution in [-0.2, 0) is 14.3 Å². The molecule has 0 spiro atoms. The molecule has 7 atom stereocenters. The molecular weight excluding hydrogens is 827 g/mol. The molecule has 1 saturated heterocycles. The van der Waals surface area contributed by atoms with Crippen molar-refractivity contribution in [2.24, 2.45) is 0 Å². The smallest absolute Gasteiger partial charge is 0.220 e. The van der Waals surface area contributed by atoms with Gasteiger partial charge in [0, 0.05) is 6.42 Å². The second kappa shape index (κ2) is 46.4. The van der Waals surface area contributed by atoms with Crippen LogP contribution in [0.5, 0.6) is 0 Å². The summed E-state index contributed by atoms with van der Waals surface area (Å²) in [6.07, 6.45) is 56.8. The fourth-order valence-corrected chi connectivity index (χ4v) is 8.14. The highest BCUT2D eigenvalue weighted by Gasteiger charge is 2.44. The van der Waals surface area contributed by atoms with Crippen molar-refractivity contribution in [1.82, 2.24) is 5.32 Å². The Bertz CT molecular complexity index is 1260. The number of hydrogen-bond acceptors (Lipinski definition) is 8. The van der Waals surface area contributed by atoms with E-state index in [-0.39, 0.29) is 12.5 Å². The highest BCUT2D eigenvalue weighted by atomic mass is 16.7. The summed E-state index contributed by atoms with van der Waals surface area (Å²) in [7, 11) is 0. The van der Waals surface area contributed by atoms with Crippen molar-refractivity contribution in [3.63, 3.8) is 0 Å². The van der Waals surface area contributed by atoms with Crippen LogP contribution in [0.15, 0.2) is 72.9 Å². The van der Waals surface area contributed by atoms with Crippen LogP contribution < -0.4 is 5.32 Å². The summed E-state index contributed by atoms with van der Waals surface area (Å²) in [6.45, 7) is 3.72. The molecule has 1 fully saturated rings. The van der Waals surface area contributed by atoms with E-state index < -0.39 is 49.5 Å². The predicted octanol–water partition coefficient (Wildman–Crippen LogP) is 12.9. The van der Waals surface area contributed by atoms with Crippen LogP contribution in [0.3, 0.4) is 0 Å². The maximum atomic E-state index is 13.0. The van der Waals surface area contributed by atoms with Gasteiger partial charge in [0.25, 0.3) is 0 Å². The van der Waals surface area contributed by atoms with Gasteiger partial charge < -0.3 is 40.3 Å². The Kier molecular flexibility index (Phi) is 43.3. The molecular formula is C57H101NO8. The number of rotatable bonds is 45. The molecule has 0 aromatic heterocycles. The topological polar surface area (TPSA) is 149 Å². The lowest BCUT2D eigenvalue weighted by Crippen LogP contribution is -2.60. The predicted molar refractivity (Wildman–Crippen MR) is 276 cm³/mol. The lowest BCUT2D eigenvalue weighted by molar-refractivity contribution is -0.302. The average molecular weight is 928 g/mol. The van der Waals surface area contributed by atoms with E-state index in [1.54, 1.807) is 6.08 Å². The Labute approximate surface area is 404 Å². The van der Waals surface area contributed by atoms with Gasteiger partial charge in [-0.1, -0.05) is 209 Å². The fourth-order valence-electron chi connectivity index (χ4n) is 8.14. The summed E-state index contributed by atoms with van der Waals surface area (Å²) in [5.74, 6) is -0.194. The number of nitrogens with one attached hydrogen (secondary N) is 1. The van der Waals surface area contributed by atoms with E-state index in [0.29, 0.717) is 6.42 Å². The maximum Gasteiger partial charge on any atom is 0.220 e. The lowest BCUT2D eigenvalue weighted by Gasteiger charge is -2.40. The molecule has 382 valence electrons. The summed E-state index contributed by atoms with van der Waals surface area (Å²) >= 11 is 0. The number of carbonyl (C=O) groups excluding carboxylic acids is 1. The van der Waals surface area contributed by atoms with Gasteiger partial charge in [-0.15, -0.1) is 0 Å². The first-order chi connectivity index (χ1) is 32.3. The normalized spacial score (nSPS) is 20.4. The summed E-state index contributed by atoms with van der Waals surface area (Å²) in [4.78, 5) is 13.0. The number of carbonyl (C=O) groups is 1. The minimum absolute atomic E-state index is 0.194. The number of aliphatic hydroxyl groups is 5. The lowest BCUT2D eigenvalue weighted by atomic mass is 9.99. The molecule has 66 heavy (non-hydrogen) atoms. The van der Waals surface area contributed by atoms with Crippen LogP contribution in [0, 0.1) is 0 Å². The van der Waals surface area contributed by atoms with E-state index in [9.17, 15) is 30.3 Å². The minimum atomic E-state index is -1.58. The monoisotopic (exact) mass is 928 g/mol. The highest BCUT2D eigenvalue weighted by molar-refractivity contribution is 5.76. The van der Waals surface area contributed by atoms with Crippen molar-refractivity contribution in [1.29, 1.82) is 0 Å². The molecule has 7 unspecified atom stereocenters. The number of unbranched alkanes of at least 4 members (excludes halogenated alkanes) is 25. The van der Waals surface area contributed by atoms with Crippen LogP contribution in [0.25, 0.3) is 0 Å². The van der Waals surface area contributed by atoms with Gasteiger partial charge >= 0.3 is 0 Å². The highest BCUT2D eigenvalue weighted by Crippen LogP contribution is 2.23. The molecule has 9 nitrogen and oxygen atoms in total. The van der Waals surface area contributed by atoms with E-state index in [0.717, 1.165) is 64.2 Å². The van der Waals surface area contributed by atoms with Gasteiger partial charge in [0.2, 0.25) is 5.91 Å². The van der Waals surface area contributed by atoms with Crippen LogP contribution in [0.2, 0.25) is 0 Å². The number of amides is 1. The van der Waals surface area contributed by atoms with Crippen molar-refractivity contribution in [2.45, 2.75) is 269 Å². The zero-order chi connectivity index (χ0) is 48.0. The van der Waals surface area contributed by atoms with E-state index >= 15 is 0 Å². The Morgan fingerprint density at radius 3 is 1.39 bits per heavy atom. The first kappa shape index (κ1) is 61.6. The van der Waals surface area contributed by atoms with Gasteiger partial charge in [0.05, 0.1) is 25.4 Å². The largest absolute Gasteiger partial charge is 0.394 e. The van der Waals surface area contributed by atoms with Crippen LogP contribution >= 0.6 is 0 Å². The Morgan fingerprint density at radius 2 is 0.909 bits per heavy atom. The van der Waals surface area contributed by atoms with E-state index in [1.807, 2.05) is 6.08 Å². The van der Waals surface area contributed by atoms with Crippen molar-refractivity contribution < 1.29 is 39.8 Å². The van der Waals surface area contributed by atoms with Crippen LogP contribution in [-0.4, -0.2) is 87.5 Å². The molecule has 0 aromatic rings. The van der Waals surface area contributed by atoms with Crippen molar-refractivity contribution in [3.8, 4) is 0 Å². The maximum absolute atomic E-state index is 13.0. The van der Waals surface area contributed by atoms with Gasteiger partial charge in [-0.25, -0.2) is 0 Å². The summed E-state index contributed by atoms with van der Waals surface area (Å²) < 4.78 is 11.2. The Balaban J connectivity index is 2.22. The molecule has 0 saturated carbocycles. The van der Waals surface area contributed by atoms with E-state index in [2.05, 4.69) is 79.9 Å². The molecule has 1 amide bonds. The molecule has 0 aliphatic carbocycles. The fraction of sp³-hybridized carbons (Fsp3) is 0.772. The zero-order valence-corrected chi connectivity index (χ0v) is 42.2. The second-order valence-corrected chi connectivity index (χ2v) is 18.6. The molecule has 1 aliphatic rings. The standard InChI is InChI=1S/C57H101NO8/c1-3-5-7-9-11-13-15-17-19-20-21-22-23-24-25-26-27-28-29-30-31-32-33-35-37-39-41-43-45-47-53(61)58-50(49-65-57-56(64)55(63)54(62)52(48-59)66-57)51(60)46-44-42-40-38-36-34-18-16-14-12-10-8-6-4-2/h14-17,20-21,23-24,36,38,44,46,50-52,54-57,59-60,62-64H,3-13,18-19,22,25-35,37,39-43,45,47-49H2,1-2H3,(H,58,61)/b16-14+,17-15-,21-20-,24-23-,38-36+,46-44+. The number of aliphatic hydroxyl groups excluding tert-OH is 5. The van der Waals surface area contributed by atoms with Gasteiger partial charge in [-0.3, -0.25) is 4.79 Å². The van der Waals surface area contributed by atoms with Crippen LogP contribution in [0.1, 0.15) is 226 Å². The summed E-state index contributed by atoms with van der Waals surface area (Å²) in [5, 5.41) is 54.3. The average Bonchev–Trinajstić information content (AvgIpc) is 3.32. The number of allylic oxidation sites excluding steroid dienone is 11. The molecule has 9 heteroatoms. The third-order valence-corrected chi connectivity index (χ3v) is 12.5. The third kappa shape index (κ3) is 35.7. The van der Waals surface area contributed by atoms with Gasteiger partial charge in [-0.05, 0) is 83.5 Å². The third-order valence-electron chi connectivity index (χ3n) is 12.5. The molecule has 1 aliphatic heterocycles. The number of ether oxygens (including phenoxy) is 2. The second-order valence-electron chi connectivity index (χ2n) is 18.6. The molecule has 0 aromatic carbocycles. The first-order valence-corrected chi connectivity index (χ1v) is 27.2. The summed E-state index contributed by atoms with van der Waals surface area (Å²) in [5.41, 5.74) is 0. The van der Waals surface area contributed by atoms with Crippen molar-refractivity contribution >= 4 is 5.91 Å². The molecule has 0 bridgehead atoms. The molecule has 0 radical (unpaired) electrons. The molecule has 1 rings (SSSR count). The van der Waals surface area contributed by atoms with E-state index in [4.69, 9.17) is 9.47 Å².